The first kappa shape index (κ1) is 18.5. The van der Waals surface area contributed by atoms with Crippen LogP contribution in [0.15, 0.2) is 18.2 Å². The molecule has 0 amide bonds. The normalized spacial score (nSPS) is 47.2. The first-order valence-corrected chi connectivity index (χ1v) is 10.2. The number of aromatic hydroxyl groups is 2. The first-order chi connectivity index (χ1) is 13.3. The van der Waals surface area contributed by atoms with Gasteiger partial charge in [-0.25, -0.2) is 9.78 Å². The fourth-order valence-corrected chi connectivity index (χ4v) is 5.78. The summed E-state index contributed by atoms with van der Waals surface area (Å²) in [6.07, 6.45) is 2.67. The maximum atomic E-state index is 9.76. The lowest BCUT2D eigenvalue weighted by Gasteiger charge is -2.60. The van der Waals surface area contributed by atoms with Crippen molar-refractivity contribution in [3.63, 3.8) is 0 Å². The Bertz CT molecular complexity index is 749. The fourth-order valence-electron chi connectivity index (χ4n) is 5.78. The van der Waals surface area contributed by atoms with Crippen molar-refractivity contribution < 1.29 is 34.2 Å². The molecule has 154 valence electrons. The van der Waals surface area contributed by atoms with E-state index in [-0.39, 0.29) is 23.3 Å². The Balaban J connectivity index is 1.49. The molecule has 0 aromatic heterocycles. The number of phenolic OH excluding ortho intramolecular Hbond substituents is 2. The zero-order valence-corrected chi connectivity index (χ0v) is 16.5. The van der Waals surface area contributed by atoms with Crippen molar-refractivity contribution in [2.45, 2.75) is 70.4 Å². The number of rotatable bonds is 2. The summed E-state index contributed by atoms with van der Waals surface area (Å²) in [6.45, 7) is 6.26. The maximum Gasteiger partial charge on any atom is 0.205 e. The van der Waals surface area contributed by atoms with E-state index in [1.54, 1.807) is 0 Å². The summed E-state index contributed by atoms with van der Waals surface area (Å²) in [5, 5.41) is 19.5. The van der Waals surface area contributed by atoms with E-state index in [1.807, 2.05) is 6.92 Å². The average Bonchev–Trinajstić information content (AvgIpc) is 2.85. The molecule has 1 aliphatic carbocycles. The Labute approximate surface area is 164 Å². The second-order valence-electron chi connectivity index (χ2n) is 9.08. The van der Waals surface area contributed by atoms with Crippen molar-refractivity contribution >= 4 is 0 Å². The molecule has 4 unspecified atom stereocenters. The second-order valence-corrected chi connectivity index (χ2v) is 9.08. The van der Waals surface area contributed by atoms with Gasteiger partial charge in [-0.2, -0.15) is 0 Å². The van der Waals surface area contributed by atoms with E-state index in [9.17, 15) is 10.2 Å². The van der Waals surface area contributed by atoms with Crippen molar-refractivity contribution in [3.05, 3.63) is 18.2 Å². The van der Waals surface area contributed by atoms with E-state index < -0.39 is 24.0 Å². The van der Waals surface area contributed by atoms with Gasteiger partial charge in [-0.1, -0.05) is 13.8 Å². The van der Waals surface area contributed by atoms with E-state index in [0.29, 0.717) is 17.6 Å². The van der Waals surface area contributed by atoms with Crippen LogP contribution in [0.4, 0.5) is 0 Å². The minimum absolute atomic E-state index is 0.0189. The lowest BCUT2D eigenvalue weighted by molar-refractivity contribution is -0.575. The standard InChI is InChI=1S/C21H28O7/c1-11-4-5-17-12(2)18(24-15-9-13(22)8-14(23)10-15)25-19-21(17)16(11)6-7-20(3,26-19)27-28-21/h8-12,16-19,22-23H,4-7H2,1-3H3/t11-,12-,16?,17?,18?,19?,20+,21-/m1/s1. The van der Waals surface area contributed by atoms with Crippen molar-refractivity contribution in [2.75, 3.05) is 0 Å². The minimum Gasteiger partial charge on any atom is -0.508 e. The number of benzene rings is 1. The largest absolute Gasteiger partial charge is 0.508 e. The van der Waals surface area contributed by atoms with Gasteiger partial charge >= 0.3 is 0 Å². The Morgan fingerprint density at radius 3 is 2.50 bits per heavy atom. The summed E-state index contributed by atoms with van der Waals surface area (Å²) in [4.78, 5) is 11.9. The predicted octanol–water partition coefficient (Wildman–Crippen LogP) is 3.68. The molecule has 5 fully saturated rings. The van der Waals surface area contributed by atoms with Crippen molar-refractivity contribution in [3.8, 4) is 17.2 Å². The average molecular weight is 392 g/mol. The molecule has 4 saturated heterocycles. The Morgan fingerprint density at radius 1 is 1.00 bits per heavy atom. The number of ether oxygens (including phenoxy) is 3. The quantitative estimate of drug-likeness (QED) is 0.743. The molecular formula is C21H28O7. The van der Waals surface area contributed by atoms with Gasteiger partial charge in [0.15, 0.2) is 11.9 Å². The smallest absolute Gasteiger partial charge is 0.205 e. The summed E-state index contributed by atoms with van der Waals surface area (Å²) in [5.41, 5.74) is -0.631. The van der Waals surface area contributed by atoms with Crippen molar-refractivity contribution in [1.82, 2.24) is 0 Å². The molecule has 1 spiro atoms. The van der Waals surface area contributed by atoms with Crippen LogP contribution in [0.1, 0.15) is 46.5 Å². The molecule has 2 bridgehead atoms. The lowest BCUT2D eigenvalue weighted by atomic mass is 9.58. The van der Waals surface area contributed by atoms with Gasteiger partial charge in [0, 0.05) is 36.5 Å². The molecule has 28 heavy (non-hydrogen) atoms. The van der Waals surface area contributed by atoms with Crippen LogP contribution in [0.5, 0.6) is 17.2 Å². The van der Waals surface area contributed by atoms with E-state index >= 15 is 0 Å². The maximum absolute atomic E-state index is 9.76. The third-order valence-electron chi connectivity index (χ3n) is 7.23. The number of hydrogen-bond acceptors (Lipinski definition) is 7. The van der Waals surface area contributed by atoms with Crippen LogP contribution in [0.25, 0.3) is 0 Å². The molecule has 7 nitrogen and oxygen atoms in total. The van der Waals surface area contributed by atoms with Gasteiger partial charge in [-0.15, -0.1) is 0 Å². The highest BCUT2D eigenvalue weighted by atomic mass is 17.3. The van der Waals surface area contributed by atoms with Crippen LogP contribution in [-0.4, -0.2) is 34.2 Å². The Kier molecular flexibility index (Phi) is 4.11. The van der Waals surface area contributed by atoms with Gasteiger partial charge in [0.25, 0.3) is 0 Å². The lowest BCUT2D eigenvalue weighted by Crippen LogP contribution is -2.70. The van der Waals surface area contributed by atoms with Gasteiger partial charge in [0.1, 0.15) is 17.2 Å². The van der Waals surface area contributed by atoms with E-state index in [1.165, 1.54) is 18.2 Å². The summed E-state index contributed by atoms with van der Waals surface area (Å²) in [7, 11) is 0. The number of fused-ring (bicyclic) bond motifs is 2. The van der Waals surface area contributed by atoms with Gasteiger partial charge in [-0.3, -0.25) is 0 Å². The summed E-state index contributed by atoms with van der Waals surface area (Å²) >= 11 is 0. The number of hydrogen-bond donors (Lipinski definition) is 2. The van der Waals surface area contributed by atoms with Crippen molar-refractivity contribution in [1.29, 1.82) is 0 Å². The van der Waals surface area contributed by atoms with Gasteiger partial charge < -0.3 is 24.4 Å². The molecule has 8 atom stereocenters. The third-order valence-corrected chi connectivity index (χ3v) is 7.23. The van der Waals surface area contributed by atoms with Crippen LogP contribution >= 0.6 is 0 Å². The molecule has 5 aliphatic rings. The monoisotopic (exact) mass is 392 g/mol. The molecule has 4 aliphatic heterocycles. The van der Waals surface area contributed by atoms with Crippen molar-refractivity contribution in [2.24, 2.45) is 23.7 Å². The molecule has 7 heteroatoms. The van der Waals surface area contributed by atoms with E-state index in [2.05, 4.69) is 13.8 Å². The molecular weight excluding hydrogens is 364 g/mol. The minimum atomic E-state index is -0.827. The Hall–Kier alpha value is -1.54. The molecule has 1 aromatic rings. The number of phenols is 2. The molecule has 0 radical (unpaired) electrons. The van der Waals surface area contributed by atoms with E-state index in [4.69, 9.17) is 24.0 Å². The molecule has 4 heterocycles. The van der Waals surface area contributed by atoms with Gasteiger partial charge in [-0.05, 0) is 38.0 Å². The third kappa shape index (κ3) is 2.64. The van der Waals surface area contributed by atoms with Crippen LogP contribution in [0, 0.1) is 23.7 Å². The zero-order valence-electron chi connectivity index (χ0n) is 16.5. The highest BCUT2D eigenvalue weighted by Gasteiger charge is 2.69. The summed E-state index contributed by atoms with van der Waals surface area (Å²) in [5.74, 6) is 0.387. The highest BCUT2D eigenvalue weighted by Crippen LogP contribution is 2.60. The van der Waals surface area contributed by atoms with Gasteiger partial charge in [0.05, 0.1) is 0 Å². The summed E-state index contributed by atoms with van der Waals surface area (Å²) < 4.78 is 18.7. The van der Waals surface area contributed by atoms with Crippen LogP contribution < -0.4 is 4.74 Å². The Morgan fingerprint density at radius 2 is 1.75 bits per heavy atom. The zero-order chi connectivity index (χ0) is 19.7. The van der Waals surface area contributed by atoms with Crippen LogP contribution in [0.3, 0.4) is 0 Å². The molecule has 6 rings (SSSR count). The van der Waals surface area contributed by atoms with Crippen LogP contribution in [-0.2, 0) is 19.2 Å². The fraction of sp³-hybridized carbons (Fsp3) is 0.714. The topological polar surface area (TPSA) is 86.6 Å². The highest BCUT2D eigenvalue weighted by molar-refractivity contribution is 5.40. The predicted molar refractivity (Wildman–Crippen MR) is 97.2 cm³/mol. The van der Waals surface area contributed by atoms with E-state index in [0.717, 1.165) is 25.7 Å². The van der Waals surface area contributed by atoms with Crippen LogP contribution in [0.2, 0.25) is 0 Å². The second kappa shape index (κ2) is 6.23. The summed E-state index contributed by atoms with van der Waals surface area (Å²) in [6, 6.07) is 4.19. The molecule has 1 saturated carbocycles. The SMILES string of the molecule is C[C@H]1C(Oc2cc(O)cc(O)c2)OC2O[C@]3(C)CCC4[C@H](C)CCC1[C@@]24OO3. The van der Waals surface area contributed by atoms with Gasteiger partial charge in [0.2, 0.25) is 12.1 Å². The molecule has 2 N–H and O–H groups in total. The first-order valence-electron chi connectivity index (χ1n) is 10.2. The molecule has 1 aromatic carbocycles.